The molecule has 0 fully saturated rings. The lowest BCUT2D eigenvalue weighted by molar-refractivity contribution is -0.121. The second kappa shape index (κ2) is 8.30. The van der Waals surface area contributed by atoms with Gasteiger partial charge in [0, 0.05) is 37.3 Å². The van der Waals surface area contributed by atoms with E-state index in [1.807, 2.05) is 6.07 Å². The normalized spacial score (nSPS) is 11.9. The van der Waals surface area contributed by atoms with E-state index in [9.17, 15) is 14.3 Å². The van der Waals surface area contributed by atoms with Crippen molar-refractivity contribution in [3.05, 3.63) is 66.1 Å². The average Bonchev–Trinajstić information content (AvgIpc) is 3.14. The van der Waals surface area contributed by atoms with Crippen molar-refractivity contribution >= 4 is 5.91 Å². The number of hydrogen-bond donors (Lipinski definition) is 2. The molecule has 0 aliphatic rings. The van der Waals surface area contributed by atoms with Gasteiger partial charge in [-0.05, 0) is 29.8 Å². The Bertz CT molecular complexity index is 870. The van der Waals surface area contributed by atoms with Gasteiger partial charge < -0.3 is 14.9 Å². The molecule has 0 saturated carbocycles. The first kappa shape index (κ1) is 17.7. The monoisotopic (exact) mass is 356 g/mol. The molecule has 2 aromatic heterocycles. The Morgan fingerprint density at radius 3 is 2.96 bits per heavy atom. The van der Waals surface area contributed by atoms with Gasteiger partial charge in [0.2, 0.25) is 17.6 Å². The van der Waals surface area contributed by atoms with Crippen LogP contribution in [0.1, 0.15) is 24.0 Å². The fourth-order valence-corrected chi connectivity index (χ4v) is 2.32. The van der Waals surface area contributed by atoms with Crippen LogP contribution in [0.4, 0.5) is 4.39 Å². The summed E-state index contributed by atoms with van der Waals surface area (Å²) >= 11 is 0. The van der Waals surface area contributed by atoms with Gasteiger partial charge in [0.05, 0.1) is 6.10 Å². The smallest absolute Gasteiger partial charge is 0.227 e. The number of rotatable bonds is 7. The fraction of sp³-hybridized carbons (Fsp3) is 0.222. The third-order valence-electron chi connectivity index (χ3n) is 3.68. The van der Waals surface area contributed by atoms with Gasteiger partial charge in [0.15, 0.2) is 0 Å². The van der Waals surface area contributed by atoms with Crippen LogP contribution in [0.25, 0.3) is 11.4 Å². The molecule has 3 aromatic rings. The minimum absolute atomic E-state index is 0.00689. The van der Waals surface area contributed by atoms with Crippen LogP contribution in [0.3, 0.4) is 0 Å². The zero-order valence-corrected chi connectivity index (χ0v) is 13.8. The van der Waals surface area contributed by atoms with E-state index in [0.717, 1.165) is 5.56 Å². The highest BCUT2D eigenvalue weighted by Gasteiger charge is 2.13. The van der Waals surface area contributed by atoms with Gasteiger partial charge in [-0.15, -0.1) is 0 Å². The van der Waals surface area contributed by atoms with Crippen molar-refractivity contribution in [3.8, 4) is 11.4 Å². The van der Waals surface area contributed by atoms with Gasteiger partial charge >= 0.3 is 0 Å². The lowest BCUT2D eigenvalue weighted by Crippen LogP contribution is -2.28. The van der Waals surface area contributed by atoms with Gasteiger partial charge in [0.25, 0.3) is 0 Å². The van der Waals surface area contributed by atoms with E-state index in [0.29, 0.717) is 17.3 Å². The van der Waals surface area contributed by atoms with Crippen LogP contribution < -0.4 is 5.32 Å². The first-order valence-corrected chi connectivity index (χ1v) is 8.05. The molecule has 0 bridgehead atoms. The van der Waals surface area contributed by atoms with E-state index in [1.54, 1.807) is 24.5 Å². The van der Waals surface area contributed by atoms with Crippen molar-refractivity contribution in [2.75, 3.05) is 6.54 Å². The molecule has 1 unspecified atom stereocenters. The number of nitrogens with zero attached hydrogens (tertiary/aromatic N) is 3. The van der Waals surface area contributed by atoms with Crippen molar-refractivity contribution in [1.82, 2.24) is 20.4 Å². The Labute approximate surface area is 148 Å². The summed E-state index contributed by atoms with van der Waals surface area (Å²) in [5, 5.41) is 16.4. The number of benzene rings is 1. The van der Waals surface area contributed by atoms with Crippen LogP contribution >= 0.6 is 0 Å². The Morgan fingerprint density at radius 1 is 1.31 bits per heavy atom. The molecule has 7 nitrogen and oxygen atoms in total. The van der Waals surface area contributed by atoms with Crippen LogP contribution in [0.5, 0.6) is 0 Å². The summed E-state index contributed by atoms with van der Waals surface area (Å²) in [7, 11) is 0. The minimum Gasteiger partial charge on any atom is -0.387 e. The summed E-state index contributed by atoms with van der Waals surface area (Å²) in [5.74, 6) is 0.0370. The topological polar surface area (TPSA) is 101 Å². The van der Waals surface area contributed by atoms with Crippen LogP contribution in [0.15, 0.2) is 53.3 Å². The zero-order chi connectivity index (χ0) is 18.4. The number of nitrogens with one attached hydrogen (secondary N) is 1. The fourth-order valence-electron chi connectivity index (χ4n) is 2.32. The number of aliphatic hydroxyl groups is 1. The first-order valence-electron chi connectivity index (χ1n) is 8.05. The number of aromatic nitrogens is 3. The van der Waals surface area contributed by atoms with Crippen LogP contribution in [-0.4, -0.2) is 32.7 Å². The highest BCUT2D eigenvalue weighted by Crippen LogP contribution is 2.15. The molecule has 0 spiro atoms. The quantitative estimate of drug-likeness (QED) is 0.672. The number of carbonyl (C=O) groups excluding carboxylic acids is 1. The molecule has 0 radical (unpaired) electrons. The lowest BCUT2D eigenvalue weighted by atomic mass is 10.1. The predicted octanol–water partition coefficient (Wildman–Crippen LogP) is 2.05. The predicted molar refractivity (Wildman–Crippen MR) is 90.2 cm³/mol. The lowest BCUT2D eigenvalue weighted by Gasteiger charge is -2.12. The molecule has 0 aliphatic heterocycles. The number of halogens is 1. The molecule has 2 N–H and O–H groups in total. The average molecular weight is 356 g/mol. The molecule has 1 aromatic carbocycles. The third-order valence-corrected chi connectivity index (χ3v) is 3.68. The third kappa shape index (κ3) is 4.70. The summed E-state index contributed by atoms with van der Waals surface area (Å²) < 4.78 is 18.3. The second-order valence-corrected chi connectivity index (χ2v) is 5.63. The molecule has 0 aliphatic carbocycles. The number of amides is 1. The molecule has 8 heteroatoms. The van der Waals surface area contributed by atoms with Crippen molar-refractivity contribution in [3.63, 3.8) is 0 Å². The Hall–Kier alpha value is -3.13. The maximum Gasteiger partial charge on any atom is 0.227 e. The van der Waals surface area contributed by atoms with Gasteiger partial charge in [0.1, 0.15) is 5.82 Å². The van der Waals surface area contributed by atoms with Crippen molar-refractivity contribution in [2.45, 2.75) is 18.9 Å². The summed E-state index contributed by atoms with van der Waals surface area (Å²) in [5.41, 5.74) is 1.13. The largest absolute Gasteiger partial charge is 0.387 e. The first-order chi connectivity index (χ1) is 12.6. The van der Waals surface area contributed by atoms with Gasteiger partial charge in [-0.2, -0.15) is 4.98 Å². The van der Waals surface area contributed by atoms with E-state index >= 15 is 0 Å². The Balaban J connectivity index is 1.46. The summed E-state index contributed by atoms with van der Waals surface area (Å²) in [6.07, 6.45) is 2.69. The minimum atomic E-state index is -0.977. The second-order valence-electron chi connectivity index (χ2n) is 5.63. The van der Waals surface area contributed by atoms with Crippen molar-refractivity contribution < 1.29 is 18.8 Å². The Kier molecular flexibility index (Phi) is 5.65. The van der Waals surface area contributed by atoms with Crippen molar-refractivity contribution in [1.29, 1.82) is 0 Å². The van der Waals surface area contributed by atoms with E-state index in [-0.39, 0.29) is 25.3 Å². The molecule has 2 heterocycles. The van der Waals surface area contributed by atoms with Crippen LogP contribution in [0, 0.1) is 5.82 Å². The summed E-state index contributed by atoms with van der Waals surface area (Å²) in [6, 6.07) is 9.20. The zero-order valence-electron chi connectivity index (χ0n) is 13.8. The van der Waals surface area contributed by atoms with Gasteiger partial charge in [-0.1, -0.05) is 17.3 Å². The number of carbonyl (C=O) groups is 1. The van der Waals surface area contributed by atoms with Crippen molar-refractivity contribution in [2.24, 2.45) is 0 Å². The standard InChI is InChI=1S/C18H17FN4O3/c19-14-5-1-3-12(9-14)15(24)11-21-16(25)6-7-17-22-18(23-26-17)13-4-2-8-20-10-13/h1-5,8-10,15,24H,6-7,11H2,(H,21,25). The number of hydrogen-bond acceptors (Lipinski definition) is 6. The molecule has 1 atom stereocenters. The molecule has 26 heavy (non-hydrogen) atoms. The summed E-state index contributed by atoms with van der Waals surface area (Å²) in [4.78, 5) is 20.1. The number of aliphatic hydroxyl groups excluding tert-OH is 1. The van der Waals surface area contributed by atoms with Gasteiger partial charge in [-0.25, -0.2) is 4.39 Å². The number of aryl methyl sites for hydroxylation is 1. The molecule has 0 saturated heterocycles. The van der Waals surface area contributed by atoms with E-state index in [1.165, 1.54) is 18.2 Å². The molecule has 3 rings (SSSR count). The molecule has 134 valence electrons. The Morgan fingerprint density at radius 2 is 2.19 bits per heavy atom. The maximum atomic E-state index is 13.1. The van der Waals surface area contributed by atoms with E-state index < -0.39 is 11.9 Å². The van der Waals surface area contributed by atoms with Crippen LogP contribution in [-0.2, 0) is 11.2 Å². The van der Waals surface area contributed by atoms with Gasteiger partial charge in [-0.3, -0.25) is 9.78 Å². The maximum absolute atomic E-state index is 13.1. The highest BCUT2D eigenvalue weighted by atomic mass is 19.1. The number of pyridine rings is 1. The SMILES string of the molecule is O=C(CCc1nc(-c2cccnc2)no1)NCC(O)c1cccc(F)c1. The van der Waals surface area contributed by atoms with Crippen LogP contribution in [0.2, 0.25) is 0 Å². The van der Waals surface area contributed by atoms with E-state index in [2.05, 4.69) is 20.4 Å². The summed E-state index contributed by atoms with van der Waals surface area (Å²) in [6.45, 7) is -0.00689. The van der Waals surface area contributed by atoms with E-state index in [4.69, 9.17) is 4.52 Å². The molecular formula is C18H17FN4O3. The molecular weight excluding hydrogens is 339 g/mol. The molecule has 1 amide bonds. The highest BCUT2D eigenvalue weighted by molar-refractivity contribution is 5.76.